The van der Waals surface area contributed by atoms with Gasteiger partial charge in [-0.2, -0.15) is 13.2 Å². The van der Waals surface area contributed by atoms with Crippen LogP contribution in [-0.4, -0.2) is 0 Å². The lowest BCUT2D eigenvalue weighted by Gasteiger charge is -2.10. The summed E-state index contributed by atoms with van der Waals surface area (Å²) in [7, 11) is 0. The first-order valence-corrected chi connectivity index (χ1v) is 5.78. The Kier molecular flexibility index (Phi) is 3.51. The average molecular weight is 266 g/mol. The number of hydrogen-bond donors (Lipinski definition) is 0. The monoisotopic (exact) mass is 266 g/mol. The van der Waals surface area contributed by atoms with Crippen molar-refractivity contribution in [2.75, 3.05) is 0 Å². The first kappa shape index (κ1) is 13.5. The average Bonchev–Trinajstić information content (AvgIpc) is 2.26. The summed E-state index contributed by atoms with van der Waals surface area (Å²) in [5, 5.41) is 0. The zero-order valence-corrected chi connectivity index (χ0v) is 10.6. The van der Waals surface area contributed by atoms with Crippen molar-refractivity contribution in [3.05, 3.63) is 59.2 Å². The molecule has 0 unspecified atom stereocenters. The highest BCUT2D eigenvalue weighted by Crippen LogP contribution is 2.31. The first-order chi connectivity index (χ1) is 8.84. The molecule has 100 valence electrons. The molecule has 0 bridgehead atoms. The van der Waals surface area contributed by atoms with E-state index < -0.39 is 11.7 Å². The fourth-order valence-corrected chi connectivity index (χ4v) is 1.84. The van der Waals surface area contributed by atoms with Crippen LogP contribution in [0.3, 0.4) is 0 Å². The van der Waals surface area contributed by atoms with E-state index in [1.807, 2.05) is 32.0 Å². The predicted molar refractivity (Wildman–Crippen MR) is 67.4 cm³/mol. The van der Waals surface area contributed by atoms with Gasteiger partial charge in [0.15, 0.2) is 0 Å². The Morgan fingerprint density at radius 2 is 1.32 bits per heavy atom. The van der Waals surface area contributed by atoms with E-state index in [9.17, 15) is 13.2 Å². The molecule has 2 rings (SSSR count). The molecule has 0 fully saturated rings. The molecular weight excluding hydrogens is 253 g/mol. The SMILES string of the molecule is Cc1cc(C)cc(Oc2ccc(C(F)(F)F)cc2)c1. The molecule has 0 saturated heterocycles. The molecule has 0 amide bonds. The number of halogens is 3. The first-order valence-electron chi connectivity index (χ1n) is 5.78. The second-order valence-corrected chi connectivity index (χ2v) is 4.45. The number of ether oxygens (including phenoxy) is 1. The molecule has 19 heavy (non-hydrogen) atoms. The van der Waals surface area contributed by atoms with Gasteiger partial charge in [-0.3, -0.25) is 0 Å². The van der Waals surface area contributed by atoms with Crippen molar-refractivity contribution in [2.45, 2.75) is 20.0 Å². The standard InChI is InChI=1S/C15H13F3O/c1-10-7-11(2)9-14(8-10)19-13-5-3-12(4-6-13)15(16,17)18/h3-9H,1-2H3. The highest BCUT2D eigenvalue weighted by atomic mass is 19.4. The lowest BCUT2D eigenvalue weighted by molar-refractivity contribution is -0.137. The Morgan fingerprint density at radius 3 is 1.79 bits per heavy atom. The molecule has 2 aromatic rings. The third-order valence-electron chi connectivity index (χ3n) is 2.61. The van der Waals surface area contributed by atoms with E-state index in [1.54, 1.807) is 0 Å². The van der Waals surface area contributed by atoms with Crippen molar-refractivity contribution in [3.63, 3.8) is 0 Å². The minimum atomic E-state index is -4.32. The van der Waals surface area contributed by atoms with Crippen LogP contribution >= 0.6 is 0 Å². The Labute approximate surface area is 109 Å². The zero-order chi connectivity index (χ0) is 14.0. The lowest BCUT2D eigenvalue weighted by atomic mass is 10.1. The normalized spacial score (nSPS) is 11.4. The summed E-state index contributed by atoms with van der Waals surface area (Å²) in [6.07, 6.45) is -4.32. The largest absolute Gasteiger partial charge is 0.457 e. The molecule has 0 spiro atoms. The minimum Gasteiger partial charge on any atom is -0.457 e. The van der Waals surface area contributed by atoms with Gasteiger partial charge < -0.3 is 4.74 Å². The van der Waals surface area contributed by atoms with Crippen LogP contribution in [0.1, 0.15) is 16.7 Å². The van der Waals surface area contributed by atoms with E-state index in [1.165, 1.54) is 12.1 Å². The smallest absolute Gasteiger partial charge is 0.416 e. The van der Waals surface area contributed by atoms with Gasteiger partial charge in [-0.25, -0.2) is 0 Å². The summed E-state index contributed by atoms with van der Waals surface area (Å²) in [5.41, 5.74) is 1.41. The van der Waals surface area contributed by atoms with E-state index in [4.69, 9.17) is 4.74 Å². The summed E-state index contributed by atoms with van der Waals surface area (Å²) in [5.74, 6) is 1.01. The molecule has 1 nitrogen and oxygen atoms in total. The molecule has 0 aliphatic rings. The van der Waals surface area contributed by atoms with Crippen LogP contribution in [0, 0.1) is 13.8 Å². The fraction of sp³-hybridized carbons (Fsp3) is 0.200. The summed E-state index contributed by atoms with van der Waals surface area (Å²) in [6, 6.07) is 10.3. The van der Waals surface area contributed by atoms with E-state index in [-0.39, 0.29) is 0 Å². The summed E-state index contributed by atoms with van der Waals surface area (Å²) >= 11 is 0. The number of hydrogen-bond acceptors (Lipinski definition) is 1. The van der Waals surface area contributed by atoms with Crippen LogP contribution in [0.15, 0.2) is 42.5 Å². The number of rotatable bonds is 2. The van der Waals surface area contributed by atoms with Gasteiger partial charge in [0.05, 0.1) is 5.56 Å². The Morgan fingerprint density at radius 1 is 0.789 bits per heavy atom. The van der Waals surface area contributed by atoms with Crippen LogP contribution in [0.5, 0.6) is 11.5 Å². The van der Waals surface area contributed by atoms with Crippen molar-refractivity contribution in [1.29, 1.82) is 0 Å². The molecule has 0 atom stereocenters. The number of benzene rings is 2. The topological polar surface area (TPSA) is 9.23 Å². The summed E-state index contributed by atoms with van der Waals surface area (Å²) in [6.45, 7) is 3.87. The van der Waals surface area contributed by atoms with Crippen molar-refractivity contribution in [2.24, 2.45) is 0 Å². The predicted octanol–water partition coefficient (Wildman–Crippen LogP) is 5.11. The Bertz CT molecular complexity index is 551. The van der Waals surface area contributed by atoms with Gasteiger partial charge in [0.2, 0.25) is 0 Å². The molecular formula is C15H13F3O. The molecule has 0 aromatic heterocycles. The summed E-state index contributed by atoms with van der Waals surface area (Å²) in [4.78, 5) is 0. The highest BCUT2D eigenvalue weighted by Gasteiger charge is 2.30. The Hall–Kier alpha value is -1.97. The number of aryl methyl sites for hydroxylation is 2. The van der Waals surface area contributed by atoms with Crippen molar-refractivity contribution in [3.8, 4) is 11.5 Å². The van der Waals surface area contributed by atoms with E-state index in [0.717, 1.165) is 23.3 Å². The van der Waals surface area contributed by atoms with E-state index in [0.29, 0.717) is 11.5 Å². The molecule has 0 radical (unpaired) electrons. The third-order valence-corrected chi connectivity index (χ3v) is 2.61. The van der Waals surface area contributed by atoms with Gasteiger partial charge >= 0.3 is 6.18 Å². The molecule has 0 N–H and O–H groups in total. The fourth-order valence-electron chi connectivity index (χ4n) is 1.84. The lowest BCUT2D eigenvalue weighted by Crippen LogP contribution is -2.03. The van der Waals surface area contributed by atoms with Gasteiger partial charge in [-0.05, 0) is 61.4 Å². The van der Waals surface area contributed by atoms with Crippen LogP contribution in [0.4, 0.5) is 13.2 Å². The van der Waals surface area contributed by atoms with E-state index in [2.05, 4.69) is 0 Å². The van der Waals surface area contributed by atoms with Gasteiger partial charge in [0, 0.05) is 0 Å². The van der Waals surface area contributed by atoms with Gasteiger partial charge in [0.25, 0.3) is 0 Å². The van der Waals surface area contributed by atoms with Crippen LogP contribution < -0.4 is 4.74 Å². The zero-order valence-electron chi connectivity index (χ0n) is 10.6. The van der Waals surface area contributed by atoms with Crippen LogP contribution in [0.25, 0.3) is 0 Å². The maximum absolute atomic E-state index is 12.4. The van der Waals surface area contributed by atoms with E-state index >= 15 is 0 Å². The third kappa shape index (κ3) is 3.50. The second kappa shape index (κ2) is 4.96. The van der Waals surface area contributed by atoms with Crippen molar-refractivity contribution < 1.29 is 17.9 Å². The quantitative estimate of drug-likeness (QED) is 0.733. The van der Waals surface area contributed by atoms with Gasteiger partial charge in [0.1, 0.15) is 11.5 Å². The molecule has 4 heteroatoms. The van der Waals surface area contributed by atoms with Gasteiger partial charge in [-0.1, -0.05) is 6.07 Å². The molecule has 0 aliphatic carbocycles. The molecule has 2 aromatic carbocycles. The van der Waals surface area contributed by atoms with Crippen LogP contribution in [-0.2, 0) is 6.18 Å². The molecule has 0 heterocycles. The molecule has 0 saturated carbocycles. The van der Waals surface area contributed by atoms with Crippen molar-refractivity contribution in [1.82, 2.24) is 0 Å². The molecule has 0 aliphatic heterocycles. The minimum absolute atomic E-state index is 0.387. The van der Waals surface area contributed by atoms with Crippen LogP contribution in [0.2, 0.25) is 0 Å². The number of alkyl halides is 3. The maximum atomic E-state index is 12.4. The maximum Gasteiger partial charge on any atom is 0.416 e. The van der Waals surface area contributed by atoms with Crippen molar-refractivity contribution >= 4 is 0 Å². The second-order valence-electron chi connectivity index (χ2n) is 4.45. The summed E-state index contributed by atoms with van der Waals surface area (Å²) < 4.78 is 42.8. The van der Waals surface area contributed by atoms with Gasteiger partial charge in [-0.15, -0.1) is 0 Å². The Balaban J connectivity index is 2.20. The highest BCUT2D eigenvalue weighted by molar-refractivity contribution is 5.38.